The number of hydrogen-bond donors (Lipinski definition) is 2. The lowest BCUT2D eigenvalue weighted by Crippen LogP contribution is -2.57. The summed E-state index contributed by atoms with van der Waals surface area (Å²) in [6.45, 7) is 3.26. The molecule has 0 aliphatic carbocycles. The van der Waals surface area contributed by atoms with E-state index in [-0.39, 0.29) is 4.65 Å². The van der Waals surface area contributed by atoms with Gasteiger partial charge in [-0.15, -0.1) is 0 Å². The highest BCUT2D eigenvalue weighted by molar-refractivity contribution is 7.85. The van der Waals surface area contributed by atoms with Crippen LogP contribution in [0.15, 0.2) is 52.3 Å². The number of para-hydroxylation sites is 1. The van der Waals surface area contributed by atoms with Gasteiger partial charge in [-0.3, -0.25) is 0 Å². The molecule has 0 saturated carbocycles. The second-order valence-electron chi connectivity index (χ2n) is 7.07. The van der Waals surface area contributed by atoms with Crippen LogP contribution in [-0.4, -0.2) is 63.6 Å². The fourth-order valence-corrected chi connectivity index (χ4v) is 5.28. The van der Waals surface area contributed by atoms with Gasteiger partial charge in [0.25, 0.3) is 0 Å². The Kier molecular flexibility index (Phi) is 5.24. The minimum Gasteiger partial charge on any atom is -0.339 e. The van der Waals surface area contributed by atoms with Crippen molar-refractivity contribution in [2.75, 3.05) is 44.2 Å². The van der Waals surface area contributed by atoms with Gasteiger partial charge >= 0.3 is 0 Å². The number of piperazine rings is 1. The fourth-order valence-electron chi connectivity index (χ4n) is 3.76. The SMILES string of the molecule is O=S1c2ccccc2N(CCC[N+]2(O)CCN(O)CC2)c2cc(Cl)ccc21. The lowest BCUT2D eigenvalue weighted by Gasteiger charge is -2.37. The second-order valence-corrected chi connectivity index (χ2v) is 8.93. The van der Waals surface area contributed by atoms with Crippen LogP contribution in [0.4, 0.5) is 11.4 Å². The average molecular weight is 409 g/mol. The van der Waals surface area contributed by atoms with E-state index in [1.165, 1.54) is 5.06 Å². The third-order valence-corrected chi connectivity index (χ3v) is 7.00. The largest absolute Gasteiger partial charge is 0.339 e. The Labute approximate surface area is 166 Å². The van der Waals surface area contributed by atoms with Gasteiger partial charge in [-0.05, 0) is 30.3 Å². The molecule has 4 rings (SSSR count). The first-order valence-electron chi connectivity index (χ1n) is 9.07. The standard InChI is InChI=1S/C19H23ClN3O3S/c20-15-6-7-19-17(14-15)22(16-4-1-2-5-18(16)27(19)26)8-3-11-23(25)12-9-21(24)10-13-23/h1-2,4-7,14,24-25H,3,8-13H2/q+1. The Balaban J connectivity index is 1.56. The van der Waals surface area contributed by atoms with Gasteiger partial charge in [0.2, 0.25) is 0 Å². The van der Waals surface area contributed by atoms with Crippen molar-refractivity contribution in [1.82, 2.24) is 5.06 Å². The number of halogens is 1. The normalized spacial score (nSPS) is 21.6. The minimum atomic E-state index is -1.23. The molecule has 1 fully saturated rings. The van der Waals surface area contributed by atoms with Crippen LogP contribution in [0, 0.1) is 0 Å². The molecule has 1 atom stereocenters. The molecule has 1 saturated heterocycles. The van der Waals surface area contributed by atoms with E-state index in [1.807, 2.05) is 36.4 Å². The summed E-state index contributed by atoms with van der Waals surface area (Å²) in [7, 11) is -1.23. The second kappa shape index (κ2) is 7.50. The van der Waals surface area contributed by atoms with Crippen LogP contribution in [-0.2, 0) is 10.8 Å². The minimum absolute atomic E-state index is 0.0269. The first kappa shape index (κ1) is 18.9. The molecule has 27 heavy (non-hydrogen) atoms. The third-order valence-electron chi connectivity index (χ3n) is 5.27. The predicted molar refractivity (Wildman–Crippen MR) is 104 cm³/mol. The van der Waals surface area contributed by atoms with Gasteiger partial charge < -0.3 is 10.1 Å². The number of fused-ring (bicyclic) bond motifs is 2. The Morgan fingerprint density at radius 1 is 1.07 bits per heavy atom. The van der Waals surface area contributed by atoms with Crippen LogP contribution in [0.1, 0.15) is 6.42 Å². The Morgan fingerprint density at radius 2 is 1.78 bits per heavy atom. The molecule has 2 aliphatic rings. The van der Waals surface area contributed by atoms with E-state index in [9.17, 15) is 14.6 Å². The van der Waals surface area contributed by atoms with Crippen molar-refractivity contribution in [2.24, 2.45) is 0 Å². The fraction of sp³-hybridized carbons (Fsp3) is 0.368. The molecule has 2 aromatic carbocycles. The van der Waals surface area contributed by atoms with Crippen LogP contribution < -0.4 is 4.90 Å². The maximum absolute atomic E-state index is 12.9. The molecular formula is C19H23ClN3O3S+. The number of nitrogens with zero attached hydrogens (tertiary/aromatic N) is 3. The monoisotopic (exact) mass is 408 g/mol. The highest BCUT2D eigenvalue weighted by Gasteiger charge is 2.32. The summed E-state index contributed by atoms with van der Waals surface area (Å²) in [5.41, 5.74) is 1.79. The Morgan fingerprint density at radius 3 is 2.56 bits per heavy atom. The van der Waals surface area contributed by atoms with Crippen molar-refractivity contribution < 1.29 is 19.3 Å². The van der Waals surface area contributed by atoms with Crippen LogP contribution in [0.2, 0.25) is 5.02 Å². The molecule has 2 aromatic rings. The summed E-state index contributed by atoms with van der Waals surface area (Å²) < 4.78 is 12.9. The van der Waals surface area contributed by atoms with Crippen molar-refractivity contribution in [3.8, 4) is 0 Å². The van der Waals surface area contributed by atoms with Crippen molar-refractivity contribution in [2.45, 2.75) is 16.2 Å². The topological polar surface area (TPSA) is 64.0 Å². The maximum atomic E-state index is 12.9. The number of hydrogen-bond acceptors (Lipinski definition) is 5. The average Bonchev–Trinajstić information content (AvgIpc) is 2.67. The lowest BCUT2D eigenvalue weighted by molar-refractivity contribution is -1.10. The summed E-state index contributed by atoms with van der Waals surface area (Å²) in [4.78, 5) is 3.71. The molecule has 144 valence electrons. The molecule has 8 heteroatoms. The van der Waals surface area contributed by atoms with Crippen LogP contribution in [0.5, 0.6) is 0 Å². The molecule has 1 unspecified atom stereocenters. The van der Waals surface area contributed by atoms with Crippen molar-refractivity contribution >= 4 is 33.8 Å². The van der Waals surface area contributed by atoms with Crippen molar-refractivity contribution in [1.29, 1.82) is 0 Å². The van der Waals surface area contributed by atoms with E-state index in [0.717, 1.165) is 27.6 Å². The third kappa shape index (κ3) is 3.76. The summed E-state index contributed by atoms with van der Waals surface area (Å²) >= 11 is 6.21. The van der Waals surface area contributed by atoms with Gasteiger partial charge in [-0.2, -0.15) is 9.71 Å². The predicted octanol–water partition coefficient (Wildman–Crippen LogP) is 3.26. The van der Waals surface area contributed by atoms with Crippen molar-refractivity contribution in [3.05, 3.63) is 47.5 Å². The number of benzene rings is 2. The molecule has 0 amide bonds. The zero-order valence-electron chi connectivity index (χ0n) is 14.9. The number of quaternary nitrogens is 1. The first-order valence-corrected chi connectivity index (χ1v) is 10.6. The van der Waals surface area contributed by atoms with Crippen LogP contribution >= 0.6 is 11.6 Å². The molecule has 6 nitrogen and oxygen atoms in total. The van der Waals surface area contributed by atoms with E-state index >= 15 is 0 Å². The molecule has 2 aliphatic heterocycles. The molecule has 0 radical (unpaired) electrons. The Bertz CT molecular complexity index is 871. The maximum Gasteiger partial charge on any atom is 0.124 e. The highest BCUT2D eigenvalue weighted by Crippen LogP contribution is 2.42. The zero-order valence-corrected chi connectivity index (χ0v) is 16.5. The molecule has 0 spiro atoms. The van der Waals surface area contributed by atoms with E-state index < -0.39 is 10.8 Å². The van der Waals surface area contributed by atoms with Gasteiger partial charge in [-0.1, -0.05) is 23.7 Å². The summed E-state index contributed by atoms with van der Waals surface area (Å²) in [6, 6.07) is 13.2. The zero-order chi connectivity index (χ0) is 19.0. The smallest absolute Gasteiger partial charge is 0.124 e. The van der Waals surface area contributed by atoms with Crippen LogP contribution in [0.3, 0.4) is 0 Å². The molecular weight excluding hydrogens is 386 g/mol. The summed E-state index contributed by atoms with van der Waals surface area (Å²) in [5.74, 6) is 0. The van der Waals surface area contributed by atoms with Gasteiger partial charge in [0.1, 0.15) is 19.6 Å². The summed E-state index contributed by atoms with van der Waals surface area (Å²) in [6.07, 6.45) is 0.759. The van der Waals surface area contributed by atoms with Gasteiger partial charge in [0.05, 0.1) is 45.1 Å². The van der Waals surface area contributed by atoms with E-state index in [0.29, 0.717) is 44.3 Å². The van der Waals surface area contributed by atoms with Gasteiger partial charge in [0.15, 0.2) is 0 Å². The number of anilines is 2. The Hall–Kier alpha value is -1.48. The highest BCUT2D eigenvalue weighted by atomic mass is 35.5. The van der Waals surface area contributed by atoms with Gasteiger partial charge in [-0.25, -0.2) is 9.42 Å². The van der Waals surface area contributed by atoms with E-state index in [4.69, 9.17) is 11.6 Å². The molecule has 0 bridgehead atoms. The van der Waals surface area contributed by atoms with E-state index in [1.54, 1.807) is 6.07 Å². The molecule has 2 N–H and O–H groups in total. The first-order chi connectivity index (χ1) is 13.0. The quantitative estimate of drug-likeness (QED) is 0.760. The lowest BCUT2D eigenvalue weighted by atomic mass is 10.2. The summed E-state index contributed by atoms with van der Waals surface area (Å²) in [5, 5.41) is 22.1. The molecule has 2 heterocycles. The van der Waals surface area contributed by atoms with E-state index in [2.05, 4.69) is 4.90 Å². The molecule has 0 aromatic heterocycles. The van der Waals surface area contributed by atoms with Crippen LogP contribution in [0.25, 0.3) is 0 Å². The number of rotatable bonds is 4. The van der Waals surface area contributed by atoms with Crippen molar-refractivity contribution in [3.63, 3.8) is 0 Å². The van der Waals surface area contributed by atoms with Gasteiger partial charge in [0, 0.05) is 18.0 Å². The number of hydroxylamine groups is 5.